The number of aromatic nitrogens is 1. The highest BCUT2D eigenvalue weighted by atomic mass is 32.1. The summed E-state index contributed by atoms with van der Waals surface area (Å²) in [6.07, 6.45) is 5.21. The van der Waals surface area contributed by atoms with Crippen LogP contribution < -0.4 is 0 Å². The van der Waals surface area contributed by atoms with E-state index in [2.05, 4.69) is 19.1 Å². The molecule has 1 unspecified atom stereocenters. The molecule has 0 saturated carbocycles. The second-order valence-corrected chi connectivity index (χ2v) is 8.34. The maximum Gasteiger partial charge on any atom is 0.134 e. The molecular formula is C23H18N2OS. The zero-order chi connectivity index (χ0) is 18.4. The number of nitriles is 1. The SMILES string of the molecule is CC1CCc2c(sc3nc(-c4ccc(C#N)cc4)cc(-c4ccco4)c23)C1. The summed E-state index contributed by atoms with van der Waals surface area (Å²) in [5.74, 6) is 1.62. The quantitative estimate of drug-likeness (QED) is 0.421. The van der Waals surface area contributed by atoms with E-state index in [0.29, 0.717) is 5.56 Å². The van der Waals surface area contributed by atoms with E-state index in [4.69, 9.17) is 14.7 Å². The molecule has 4 aromatic rings. The van der Waals surface area contributed by atoms with Crippen LogP contribution in [0.3, 0.4) is 0 Å². The minimum Gasteiger partial charge on any atom is -0.464 e. The third-order valence-corrected chi connectivity index (χ3v) is 6.51. The van der Waals surface area contributed by atoms with Gasteiger partial charge in [-0.25, -0.2) is 4.98 Å². The lowest BCUT2D eigenvalue weighted by atomic mass is 9.88. The van der Waals surface area contributed by atoms with E-state index < -0.39 is 0 Å². The number of thiophene rings is 1. The van der Waals surface area contributed by atoms with E-state index in [1.54, 1.807) is 6.26 Å². The van der Waals surface area contributed by atoms with Crippen molar-refractivity contribution in [2.75, 3.05) is 0 Å². The smallest absolute Gasteiger partial charge is 0.134 e. The molecule has 0 bridgehead atoms. The molecule has 1 aliphatic rings. The van der Waals surface area contributed by atoms with Gasteiger partial charge < -0.3 is 4.42 Å². The molecule has 3 aromatic heterocycles. The highest BCUT2D eigenvalue weighted by molar-refractivity contribution is 7.19. The van der Waals surface area contributed by atoms with E-state index in [0.717, 1.165) is 46.2 Å². The van der Waals surface area contributed by atoms with Crippen LogP contribution in [0, 0.1) is 17.2 Å². The van der Waals surface area contributed by atoms with E-state index in [1.807, 2.05) is 47.7 Å². The van der Waals surface area contributed by atoms with Gasteiger partial charge in [0.1, 0.15) is 10.6 Å². The van der Waals surface area contributed by atoms with E-state index >= 15 is 0 Å². The van der Waals surface area contributed by atoms with Gasteiger partial charge in [0.05, 0.1) is 23.6 Å². The lowest BCUT2D eigenvalue weighted by Crippen LogP contribution is -2.08. The number of hydrogen-bond donors (Lipinski definition) is 0. The summed E-state index contributed by atoms with van der Waals surface area (Å²) in [5, 5.41) is 10.3. The predicted molar refractivity (Wildman–Crippen MR) is 109 cm³/mol. The molecule has 0 saturated heterocycles. The monoisotopic (exact) mass is 370 g/mol. The summed E-state index contributed by atoms with van der Waals surface area (Å²) in [5.41, 5.74) is 5.18. The van der Waals surface area contributed by atoms with Crippen LogP contribution in [0.15, 0.2) is 53.1 Å². The fraction of sp³-hybridized carbons (Fsp3) is 0.217. The van der Waals surface area contributed by atoms with Crippen molar-refractivity contribution in [3.8, 4) is 28.7 Å². The van der Waals surface area contributed by atoms with Gasteiger partial charge in [0.25, 0.3) is 0 Å². The van der Waals surface area contributed by atoms with E-state index in [-0.39, 0.29) is 0 Å². The van der Waals surface area contributed by atoms with Crippen molar-refractivity contribution >= 4 is 21.6 Å². The molecule has 0 radical (unpaired) electrons. The van der Waals surface area contributed by atoms with Crippen molar-refractivity contribution in [2.24, 2.45) is 5.92 Å². The highest BCUT2D eigenvalue weighted by Crippen LogP contribution is 2.43. The molecule has 3 nitrogen and oxygen atoms in total. The first kappa shape index (κ1) is 16.3. The molecular weight excluding hydrogens is 352 g/mol. The molecule has 1 atom stereocenters. The average molecular weight is 370 g/mol. The molecule has 132 valence electrons. The Morgan fingerprint density at radius 3 is 2.81 bits per heavy atom. The van der Waals surface area contributed by atoms with Crippen LogP contribution in [0.1, 0.15) is 29.3 Å². The highest BCUT2D eigenvalue weighted by Gasteiger charge is 2.24. The second kappa shape index (κ2) is 6.37. The largest absolute Gasteiger partial charge is 0.464 e. The summed E-state index contributed by atoms with van der Waals surface area (Å²) in [6, 6.07) is 15.9. The van der Waals surface area contributed by atoms with Gasteiger partial charge in [0.2, 0.25) is 0 Å². The second-order valence-electron chi connectivity index (χ2n) is 7.25. The van der Waals surface area contributed by atoms with Crippen molar-refractivity contribution in [3.05, 3.63) is 64.7 Å². The first-order chi connectivity index (χ1) is 13.2. The number of pyridine rings is 1. The Bertz CT molecular complexity index is 1160. The van der Waals surface area contributed by atoms with Crippen molar-refractivity contribution < 1.29 is 4.42 Å². The van der Waals surface area contributed by atoms with Crippen molar-refractivity contribution in [3.63, 3.8) is 0 Å². The van der Waals surface area contributed by atoms with Crippen LogP contribution in [0.5, 0.6) is 0 Å². The lowest BCUT2D eigenvalue weighted by Gasteiger charge is -2.18. The standard InChI is InChI=1S/C23H18N2OS/c1-14-4-9-17-21(11-14)27-23-22(17)18(20-3-2-10-26-20)12-19(25-23)16-7-5-15(13-24)6-8-16/h2-3,5-8,10,12,14H,4,9,11H2,1H3. The number of hydrogen-bond acceptors (Lipinski definition) is 4. The Balaban J connectivity index is 1.76. The van der Waals surface area contributed by atoms with Crippen molar-refractivity contribution in [2.45, 2.75) is 26.2 Å². The van der Waals surface area contributed by atoms with Gasteiger partial charge >= 0.3 is 0 Å². The number of rotatable bonds is 2. The van der Waals surface area contributed by atoms with Gasteiger partial charge in [-0.1, -0.05) is 19.1 Å². The van der Waals surface area contributed by atoms with Gasteiger partial charge in [-0.05, 0) is 61.1 Å². The molecule has 0 N–H and O–H groups in total. The Morgan fingerprint density at radius 2 is 2.07 bits per heavy atom. The molecule has 3 heterocycles. The molecule has 0 fully saturated rings. The van der Waals surface area contributed by atoms with Gasteiger partial charge in [-0.15, -0.1) is 11.3 Å². The minimum atomic E-state index is 0.659. The van der Waals surface area contributed by atoms with Gasteiger partial charge in [-0.3, -0.25) is 0 Å². The predicted octanol–water partition coefficient (Wildman–Crippen LogP) is 6.22. The molecule has 0 aliphatic heterocycles. The maximum atomic E-state index is 9.05. The maximum absolute atomic E-state index is 9.05. The lowest BCUT2D eigenvalue weighted by molar-refractivity contribution is 0.509. The third kappa shape index (κ3) is 2.75. The first-order valence-electron chi connectivity index (χ1n) is 9.22. The van der Waals surface area contributed by atoms with Gasteiger partial charge in [0.15, 0.2) is 0 Å². The zero-order valence-corrected chi connectivity index (χ0v) is 15.8. The third-order valence-electron chi connectivity index (χ3n) is 5.36. The Labute approximate surface area is 161 Å². The van der Waals surface area contributed by atoms with Crippen LogP contribution in [0.4, 0.5) is 0 Å². The van der Waals surface area contributed by atoms with Crippen LogP contribution in [-0.2, 0) is 12.8 Å². The molecule has 0 spiro atoms. The molecule has 4 heteroatoms. The molecule has 1 aromatic carbocycles. The van der Waals surface area contributed by atoms with Crippen LogP contribution >= 0.6 is 11.3 Å². The number of nitrogens with zero attached hydrogens (tertiary/aromatic N) is 2. The van der Waals surface area contributed by atoms with E-state index in [9.17, 15) is 0 Å². The normalized spacial score (nSPS) is 16.2. The molecule has 27 heavy (non-hydrogen) atoms. The fourth-order valence-electron chi connectivity index (χ4n) is 3.93. The topological polar surface area (TPSA) is 49.8 Å². The summed E-state index contributed by atoms with van der Waals surface area (Å²) in [7, 11) is 0. The van der Waals surface area contributed by atoms with Gasteiger partial charge in [0, 0.05) is 21.4 Å². The Morgan fingerprint density at radius 1 is 1.22 bits per heavy atom. The summed E-state index contributed by atoms with van der Waals surface area (Å²) >= 11 is 1.83. The molecule has 1 aliphatic carbocycles. The summed E-state index contributed by atoms with van der Waals surface area (Å²) in [4.78, 5) is 7.55. The van der Waals surface area contributed by atoms with Crippen molar-refractivity contribution in [1.29, 1.82) is 5.26 Å². The number of furan rings is 1. The van der Waals surface area contributed by atoms with Crippen LogP contribution in [0.2, 0.25) is 0 Å². The van der Waals surface area contributed by atoms with Crippen LogP contribution in [0.25, 0.3) is 32.8 Å². The van der Waals surface area contributed by atoms with Crippen molar-refractivity contribution in [1.82, 2.24) is 4.98 Å². The summed E-state index contributed by atoms with van der Waals surface area (Å²) in [6.45, 7) is 2.33. The Hall–Kier alpha value is -2.90. The number of fused-ring (bicyclic) bond motifs is 3. The minimum absolute atomic E-state index is 0.659. The number of benzene rings is 1. The Kier molecular flexibility index (Phi) is 3.84. The fourth-order valence-corrected chi connectivity index (χ4v) is 5.34. The summed E-state index contributed by atoms with van der Waals surface area (Å²) < 4.78 is 5.77. The average Bonchev–Trinajstić information content (AvgIpc) is 3.34. The molecule has 5 rings (SSSR count). The number of aryl methyl sites for hydroxylation is 1. The van der Waals surface area contributed by atoms with Gasteiger partial charge in [-0.2, -0.15) is 5.26 Å². The zero-order valence-electron chi connectivity index (χ0n) is 15.0. The first-order valence-corrected chi connectivity index (χ1v) is 10.0. The molecule has 0 amide bonds. The van der Waals surface area contributed by atoms with E-state index in [1.165, 1.54) is 22.2 Å². The van der Waals surface area contributed by atoms with Crippen LogP contribution in [-0.4, -0.2) is 4.98 Å².